The predicted molar refractivity (Wildman–Crippen MR) is 59.1 cm³/mol. The molecule has 4 nitrogen and oxygen atoms in total. The second kappa shape index (κ2) is 4.32. The van der Waals surface area contributed by atoms with E-state index in [9.17, 15) is 4.91 Å². The zero-order chi connectivity index (χ0) is 10.5. The number of benzene rings is 1. The lowest BCUT2D eigenvalue weighted by atomic mass is 10.1. The van der Waals surface area contributed by atoms with Gasteiger partial charge in [0.15, 0.2) is 0 Å². The molecule has 0 aliphatic heterocycles. The van der Waals surface area contributed by atoms with Crippen LogP contribution >= 0.6 is 0 Å². The smallest absolute Gasteiger partial charge is 0.0594 e. The molecule has 0 saturated carbocycles. The Hall–Kier alpha value is -2.23. The number of nitroso groups, excluding NO2 is 1. The molecule has 15 heavy (non-hydrogen) atoms. The number of pyridine rings is 1. The largest absolute Gasteiger partial charge is 0.265 e. The van der Waals surface area contributed by atoms with E-state index in [-0.39, 0.29) is 0 Å². The summed E-state index contributed by atoms with van der Waals surface area (Å²) in [6.45, 7) is 0. The fraction of sp³-hybridized carbons (Fsp3) is 0. The maximum atomic E-state index is 9.96. The van der Waals surface area contributed by atoms with Crippen molar-refractivity contribution in [2.45, 2.75) is 0 Å². The second-order valence-electron chi connectivity index (χ2n) is 3.02. The van der Waals surface area contributed by atoms with Crippen molar-refractivity contribution in [1.29, 1.82) is 0 Å². The van der Waals surface area contributed by atoms with Gasteiger partial charge in [0.2, 0.25) is 0 Å². The maximum Gasteiger partial charge on any atom is 0.0594 e. The summed E-state index contributed by atoms with van der Waals surface area (Å²) >= 11 is 0. The minimum atomic E-state index is 0.683. The van der Waals surface area contributed by atoms with Crippen LogP contribution in [0.1, 0.15) is 0 Å². The zero-order valence-electron chi connectivity index (χ0n) is 7.92. The van der Waals surface area contributed by atoms with Crippen LogP contribution in [0.5, 0.6) is 0 Å². The van der Waals surface area contributed by atoms with Crippen molar-refractivity contribution in [2.75, 3.05) is 5.43 Å². The molecule has 0 atom stereocenters. The van der Waals surface area contributed by atoms with Gasteiger partial charge in [-0.25, -0.2) is 5.43 Å². The van der Waals surface area contributed by atoms with Crippen molar-refractivity contribution in [1.82, 2.24) is 4.98 Å². The topological polar surface area (TPSA) is 54.4 Å². The highest BCUT2D eigenvalue weighted by atomic mass is 16.3. The summed E-state index contributed by atoms with van der Waals surface area (Å²) in [7, 11) is 0. The molecule has 0 aliphatic rings. The third-order valence-corrected chi connectivity index (χ3v) is 2.07. The van der Waals surface area contributed by atoms with Gasteiger partial charge in [0, 0.05) is 12.4 Å². The van der Waals surface area contributed by atoms with Crippen LogP contribution in [0, 0.1) is 4.91 Å². The van der Waals surface area contributed by atoms with Crippen molar-refractivity contribution < 1.29 is 0 Å². The van der Waals surface area contributed by atoms with E-state index in [2.05, 4.69) is 15.7 Å². The van der Waals surface area contributed by atoms with Crippen LogP contribution in [-0.2, 0) is 0 Å². The molecule has 2 rings (SSSR count). The molecule has 0 spiro atoms. The third-order valence-electron chi connectivity index (χ3n) is 2.07. The third kappa shape index (κ3) is 2.17. The molecule has 0 saturated heterocycles. The molecule has 2 aromatic rings. The van der Waals surface area contributed by atoms with Crippen molar-refractivity contribution >= 4 is 5.69 Å². The highest BCUT2D eigenvalue weighted by Crippen LogP contribution is 2.20. The highest BCUT2D eigenvalue weighted by molar-refractivity contribution is 5.65. The molecule has 1 heterocycles. The SMILES string of the molecule is O=NNc1ccc(-c2ccncc2)cc1. The van der Waals surface area contributed by atoms with E-state index in [4.69, 9.17) is 0 Å². The first-order valence-corrected chi connectivity index (χ1v) is 4.49. The summed E-state index contributed by atoms with van der Waals surface area (Å²) in [4.78, 5) is 13.9. The van der Waals surface area contributed by atoms with Crippen LogP contribution in [0.15, 0.2) is 54.1 Å². The van der Waals surface area contributed by atoms with Gasteiger partial charge in [0.25, 0.3) is 0 Å². The van der Waals surface area contributed by atoms with Gasteiger partial charge in [-0.1, -0.05) is 12.1 Å². The number of rotatable bonds is 3. The first-order valence-electron chi connectivity index (χ1n) is 4.49. The molecule has 0 unspecified atom stereocenters. The molecule has 1 aromatic carbocycles. The minimum absolute atomic E-state index is 0.683. The van der Waals surface area contributed by atoms with Crippen LogP contribution in [0.25, 0.3) is 11.1 Å². The molecule has 0 fully saturated rings. The maximum absolute atomic E-state index is 9.96. The quantitative estimate of drug-likeness (QED) is 0.610. The Labute approximate surface area is 86.9 Å². The van der Waals surface area contributed by atoms with E-state index in [1.165, 1.54) is 0 Å². The number of aromatic nitrogens is 1. The van der Waals surface area contributed by atoms with E-state index in [0.29, 0.717) is 5.69 Å². The first-order chi connectivity index (χ1) is 7.40. The Balaban J connectivity index is 2.28. The minimum Gasteiger partial charge on any atom is -0.265 e. The zero-order valence-corrected chi connectivity index (χ0v) is 7.92. The number of nitrogens with zero attached hydrogens (tertiary/aromatic N) is 2. The molecular weight excluding hydrogens is 190 g/mol. The molecule has 1 N–H and O–H groups in total. The predicted octanol–water partition coefficient (Wildman–Crippen LogP) is 2.84. The standard InChI is InChI=1S/C11H9N3O/c15-14-13-11-3-1-9(2-4-11)10-5-7-12-8-6-10/h1-8H,(H,13,15). The van der Waals surface area contributed by atoms with E-state index in [1.54, 1.807) is 24.5 Å². The Morgan fingerprint density at radius 3 is 2.13 bits per heavy atom. The lowest BCUT2D eigenvalue weighted by molar-refractivity contribution is 1.31. The summed E-state index contributed by atoms with van der Waals surface area (Å²) in [5.74, 6) is 0. The van der Waals surface area contributed by atoms with E-state index in [1.807, 2.05) is 24.3 Å². The molecule has 0 radical (unpaired) electrons. The van der Waals surface area contributed by atoms with E-state index >= 15 is 0 Å². The fourth-order valence-electron chi connectivity index (χ4n) is 1.33. The van der Waals surface area contributed by atoms with Crippen molar-refractivity contribution in [2.24, 2.45) is 5.29 Å². The fourth-order valence-corrected chi connectivity index (χ4v) is 1.33. The Morgan fingerprint density at radius 1 is 0.933 bits per heavy atom. The molecule has 0 aliphatic carbocycles. The molecule has 1 aromatic heterocycles. The van der Waals surface area contributed by atoms with Crippen molar-refractivity contribution in [3.63, 3.8) is 0 Å². The second-order valence-corrected chi connectivity index (χ2v) is 3.02. The van der Waals surface area contributed by atoms with Crippen molar-refractivity contribution in [3.05, 3.63) is 53.7 Å². The molecule has 0 amide bonds. The van der Waals surface area contributed by atoms with Gasteiger partial charge in [0.1, 0.15) is 0 Å². The Morgan fingerprint density at radius 2 is 1.53 bits per heavy atom. The molecule has 74 valence electrons. The van der Waals surface area contributed by atoms with E-state index in [0.717, 1.165) is 11.1 Å². The lowest BCUT2D eigenvalue weighted by Gasteiger charge is -2.01. The van der Waals surface area contributed by atoms with Gasteiger partial charge in [-0.2, -0.15) is 0 Å². The summed E-state index contributed by atoms with van der Waals surface area (Å²) < 4.78 is 0. The molecular formula is C11H9N3O. The van der Waals surface area contributed by atoms with Gasteiger partial charge in [0.05, 0.1) is 11.0 Å². The monoisotopic (exact) mass is 199 g/mol. The molecule has 0 bridgehead atoms. The Kier molecular flexibility index (Phi) is 2.69. The summed E-state index contributed by atoms with van der Waals surface area (Å²) in [6, 6.07) is 11.3. The summed E-state index contributed by atoms with van der Waals surface area (Å²) in [5, 5.41) is 2.60. The average molecular weight is 199 g/mol. The van der Waals surface area contributed by atoms with Crippen LogP contribution in [0.2, 0.25) is 0 Å². The van der Waals surface area contributed by atoms with Gasteiger partial charge in [-0.05, 0) is 35.4 Å². The highest BCUT2D eigenvalue weighted by Gasteiger charge is 1.96. The average Bonchev–Trinajstić information content (AvgIpc) is 2.32. The van der Waals surface area contributed by atoms with Crippen molar-refractivity contribution in [3.8, 4) is 11.1 Å². The summed E-state index contributed by atoms with van der Waals surface area (Å²) in [6.07, 6.45) is 3.49. The number of hydrogen-bond donors (Lipinski definition) is 1. The van der Waals surface area contributed by atoms with E-state index < -0.39 is 0 Å². The summed E-state index contributed by atoms with van der Waals surface area (Å²) in [5.41, 5.74) is 5.20. The first kappa shape index (κ1) is 9.33. The Bertz CT molecular complexity index is 439. The van der Waals surface area contributed by atoms with Crippen LogP contribution < -0.4 is 5.43 Å². The van der Waals surface area contributed by atoms with Gasteiger partial charge in [-0.3, -0.25) is 4.98 Å². The number of nitrogens with one attached hydrogen (secondary N) is 1. The van der Waals surface area contributed by atoms with Crippen LogP contribution in [0.3, 0.4) is 0 Å². The van der Waals surface area contributed by atoms with Crippen LogP contribution in [0.4, 0.5) is 5.69 Å². The normalized spacial score (nSPS) is 9.60. The molecule has 4 heteroatoms. The number of anilines is 1. The van der Waals surface area contributed by atoms with Gasteiger partial charge >= 0.3 is 0 Å². The lowest BCUT2D eigenvalue weighted by Crippen LogP contribution is -1.85. The number of hydrogen-bond acceptors (Lipinski definition) is 3. The van der Waals surface area contributed by atoms with Crippen LogP contribution in [-0.4, -0.2) is 4.98 Å². The van der Waals surface area contributed by atoms with Gasteiger partial charge in [-0.15, -0.1) is 4.91 Å². The van der Waals surface area contributed by atoms with Gasteiger partial charge < -0.3 is 0 Å².